The molecule has 6 aromatic rings. The summed E-state index contributed by atoms with van der Waals surface area (Å²) in [5.74, 6) is -0.0201. The van der Waals surface area contributed by atoms with E-state index in [-0.39, 0.29) is 11.8 Å². The Hall–Kier alpha value is -4.82. The zero-order valence-corrected chi connectivity index (χ0v) is 26.3. The van der Waals surface area contributed by atoms with E-state index in [2.05, 4.69) is 139 Å². The van der Waals surface area contributed by atoms with Gasteiger partial charge in [0.1, 0.15) is 0 Å². The minimum absolute atomic E-state index is 0.0101. The molecule has 0 saturated heterocycles. The van der Waals surface area contributed by atoms with E-state index in [0.717, 1.165) is 22.8 Å². The lowest BCUT2D eigenvalue weighted by Crippen LogP contribution is -2.41. The molecule has 44 heavy (non-hydrogen) atoms. The minimum atomic E-state index is -0.0101. The van der Waals surface area contributed by atoms with Crippen molar-refractivity contribution in [3.63, 3.8) is 0 Å². The van der Waals surface area contributed by atoms with Crippen LogP contribution in [-0.2, 0) is 0 Å². The lowest BCUT2D eigenvalue weighted by molar-refractivity contribution is 0.882. The molecule has 0 N–H and O–H groups in total. The number of benzene rings is 6. The van der Waals surface area contributed by atoms with Crippen LogP contribution in [0.1, 0.15) is 67.5 Å². The van der Waals surface area contributed by atoms with Crippen LogP contribution in [0.25, 0.3) is 21.5 Å². The summed E-state index contributed by atoms with van der Waals surface area (Å²) in [7, 11) is 0. The molecule has 214 valence electrons. The molecule has 0 unspecified atom stereocenters. The molecule has 0 atom stereocenters. The van der Waals surface area contributed by atoms with Crippen molar-refractivity contribution >= 4 is 44.3 Å². The van der Waals surface area contributed by atoms with Gasteiger partial charge in [0.2, 0.25) is 0 Å². The number of aliphatic imine (C=N–C) groups is 2. The van der Waals surface area contributed by atoms with Crippen molar-refractivity contribution in [3.8, 4) is 0 Å². The molecule has 0 heterocycles. The summed E-state index contributed by atoms with van der Waals surface area (Å²) in [5, 5.41) is 5.08. The van der Waals surface area contributed by atoms with Crippen molar-refractivity contribution in [2.24, 2.45) is 9.98 Å². The summed E-state index contributed by atoms with van der Waals surface area (Å²) < 4.78 is 0. The van der Waals surface area contributed by atoms with Crippen molar-refractivity contribution in [1.29, 1.82) is 0 Å². The maximum atomic E-state index is 5.64. The second-order valence-electron chi connectivity index (χ2n) is 13.0. The van der Waals surface area contributed by atoms with E-state index < -0.39 is 0 Å². The molecule has 2 bridgehead atoms. The molecule has 2 nitrogen and oxygen atoms in total. The summed E-state index contributed by atoms with van der Waals surface area (Å²) >= 11 is 0. The summed E-state index contributed by atoms with van der Waals surface area (Å²) in [4.78, 5) is 11.3. The Morgan fingerprint density at radius 3 is 0.932 bits per heavy atom. The molecule has 0 spiro atoms. The van der Waals surface area contributed by atoms with Gasteiger partial charge in [-0.05, 0) is 132 Å². The first-order chi connectivity index (χ1) is 21.3. The largest absolute Gasteiger partial charge is 0.250 e. The summed E-state index contributed by atoms with van der Waals surface area (Å²) in [6.07, 6.45) is 0. The van der Waals surface area contributed by atoms with E-state index in [1.165, 1.54) is 77.2 Å². The van der Waals surface area contributed by atoms with Crippen molar-refractivity contribution in [2.45, 2.75) is 53.4 Å². The van der Waals surface area contributed by atoms with Crippen molar-refractivity contribution in [3.05, 3.63) is 153 Å². The lowest BCUT2D eigenvalue weighted by Gasteiger charge is -2.43. The van der Waals surface area contributed by atoms with Crippen LogP contribution < -0.4 is 0 Å². The van der Waals surface area contributed by atoms with Crippen molar-refractivity contribution < 1.29 is 0 Å². The van der Waals surface area contributed by atoms with Gasteiger partial charge in [-0.1, -0.05) is 83.9 Å². The predicted octanol–water partition coefficient (Wildman–Crippen LogP) is 11.0. The van der Waals surface area contributed by atoms with Crippen molar-refractivity contribution in [2.75, 3.05) is 0 Å². The van der Waals surface area contributed by atoms with Gasteiger partial charge in [-0.15, -0.1) is 0 Å². The third kappa shape index (κ3) is 4.08. The Balaban J connectivity index is 1.51. The maximum Gasteiger partial charge on any atom is 0.0754 e. The fourth-order valence-corrected chi connectivity index (χ4v) is 7.95. The Labute approximate surface area is 259 Å². The SMILES string of the molecule is Cc1cc(C)c(N=C2C(=Nc3c(C)cc(C)cc3C)C3c4cc5ccccc5cc4C2c2cc4ccccc4cc23)c(C)c1. The second kappa shape index (κ2) is 9.86. The van der Waals surface area contributed by atoms with E-state index in [1.807, 2.05) is 0 Å². The van der Waals surface area contributed by atoms with E-state index >= 15 is 0 Å². The van der Waals surface area contributed by atoms with Gasteiger partial charge in [0, 0.05) is 0 Å². The summed E-state index contributed by atoms with van der Waals surface area (Å²) in [6.45, 7) is 13.1. The molecule has 0 amide bonds. The van der Waals surface area contributed by atoms with E-state index in [4.69, 9.17) is 9.98 Å². The number of rotatable bonds is 2. The number of hydrogen-bond donors (Lipinski definition) is 0. The maximum absolute atomic E-state index is 5.64. The second-order valence-corrected chi connectivity index (χ2v) is 13.0. The number of nitrogens with zero attached hydrogens (tertiary/aromatic N) is 2. The van der Waals surface area contributed by atoms with Crippen LogP contribution in [0.2, 0.25) is 0 Å². The molecular formula is C42H36N2. The Bertz CT molecular complexity index is 1960. The zero-order chi connectivity index (χ0) is 30.3. The van der Waals surface area contributed by atoms with Gasteiger partial charge in [-0.25, -0.2) is 9.98 Å². The van der Waals surface area contributed by atoms with Gasteiger partial charge >= 0.3 is 0 Å². The van der Waals surface area contributed by atoms with Gasteiger partial charge in [-0.2, -0.15) is 0 Å². The van der Waals surface area contributed by atoms with E-state index in [1.54, 1.807) is 0 Å². The van der Waals surface area contributed by atoms with E-state index in [0.29, 0.717) is 0 Å². The average Bonchev–Trinajstić information content (AvgIpc) is 2.99. The number of hydrogen-bond acceptors (Lipinski definition) is 2. The fraction of sp³-hybridized carbons (Fsp3) is 0.190. The standard InChI is InChI=1S/C42H36N2/c1-23-15-25(3)39(26(4)16-23)43-41-37-33-19-29-11-7-9-13-31(29)21-35(33)38(36-22-32-14-10-8-12-30(32)20-34(36)37)42(41)44-40-27(5)17-24(2)18-28(40)6/h7-22,37-38H,1-6H3. The smallest absolute Gasteiger partial charge is 0.0754 e. The van der Waals surface area contributed by atoms with Gasteiger partial charge in [0.05, 0.1) is 34.6 Å². The molecule has 3 aliphatic rings. The summed E-state index contributed by atoms with van der Waals surface area (Å²) in [5.41, 5.74) is 17.1. The van der Waals surface area contributed by atoms with Gasteiger partial charge in [-0.3, -0.25) is 0 Å². The highest BCUT2D eigenvalue weighted by Gasteiger charge is 2.46. The average molecular weight is 569 g/mol. The molecule has 0 aromatic heterocycles. The van der Waals surface area contributed by atoms with Crippen LogP contribution in [0.15, 0.2) is 107 Å². The Morgan fingerprint density at radius 1 is 0.386 bits per heavy atom. The highest BCUT2D eigenvalue weighted by atomic mass is 14.9. The lowest BCUT2D eigenvalue weighted by atomic mass is 9.61. The first kappa shape index (κ1) is 26.8. The van der Waals surface area contributed by atoms with Gasteiger partial charge < -0.3 is 0 Å². The normalized spacial score (nSPS) is 18.8. The van der Waals surface area contributed by atoms with Crippen molar-refractivity contribution in [1.82, 2.24) is 0 Å². The molecule has 0 radical (unpaired) electrons. The Kier molecular flexibility index (Phi) is 6.00. The fourth-order valence-electron chi connectivity index (χ4n) is 7.95. The molecule has 2 heteroatoms. The zero-order valence-electron chi connectivity index (χ0n) is 26.3. The van der Waals surface area contributed by atoms with Crippen LogP contribution in [0, 0.1) is 41.5 Å². The monoisotopic (exact) mass is 568 g/mol. The molecule has 3 aliphatic carbocycles. The molecule has 0 fully saturated rings. The predicted molar refractivity (Wildman–Crippen MR) is 187 cm³/mol. The minimum Gasteiger partial charge on any atom is -0.250 e. The van der Waals surface area contributed by atoms with Crippen LogP contribution in [0.5, 0.6) is 0 Å². The first-order valence-electron chi connectivity index (χ1n) is 15.6. The van der Waals surface area contributed by atoms with Crippen LogP contribution in [-0.4, -0.2) is 11.4 Å². The van der Waals surface area contributed by atoms with Crippen LogP contribution in [0.4, 0.5) is 11.4 Å². The van der Waals surface area contributed by atoms with E-state index in [9.17, 15) is 0 Å². The van der Waals surface area contributed by atoms with Crippen LogP contribution in [0.3, 0.4) is 0 Å². The Morgan fingerprint density at radius 2 is 0.659 bits per heavy atom. The molecular weight excluding hydrogens is 532 g/mol. The van der Waals surface area contributed by atoms with Crippen LogP contribution >= 0.6 is 0 Å². The number of aryl methyl sites for hydroxylation is 6. The molecule has 9 rings (SSSR count). The highest BCUT2D eigenvalue weighted by Crippen LogP contribution is 2.53. The third-order valence-electron chi connectivity index (χ3n) is 9.69. The molecule has 6 aromatic carbocycles. The summed E-state index contributed by atoms with van der Waals surface area (Å²) in [6, 6.07) is 36.2. The quantitative estimate of drug-likeness (QED) is 0.198. The van der Waals surface area contributed by atoms with Gasteiger partial charge in [0.25, 0.3) is 0 Å². The van der Waals surface area contributed by atoms with Gasteiger partial charge in [0.15, 0.2) is 0 Å². The molecule has 0 saturated carbocycles. The topological polar surface area (TPSA) is 24.7 Å². The third-order valence-corrected chi connectivity index (χ3v) is 9.69. The molecule has 0 aliphatic heterocycles. The number of fused-ring (bicyclic) bond motifs is 3. The highest BCUT2D eigenvalue weighted by molar-refractivity contribution is 6.50. The first-order valence-corrected chi connectivity index (χ1v) is 15.6.